The lowest BCUT2D eigenvalue weighted by molar-refractivity contribution is -1.02. The first-order chi connectivity index (χ1) is 4.71. The highest BCUT2D eigenvalue weighted by Gasteiger charge is 2.47. The van der Waals surface area contributed by atoms with Crippen LogP contribution in [0.2, 0.25) is 0 Å². The predicted molar refractivity (Wildman–Crippen MR) is 28.2 cm³/mol. The van der Waals surface area contributed by atoms with E-state index in [1.165, 1.54) is 6.20 Å². The SMILES string of the molecule is O=C1N[N+]2(O)C=NC=C2O1. The first-order valence-corrected chi connectivity index (χ1v) is 2.57. The second-order valence-corrected chi connectivity index (χ2v) is 1.92. The highest BCUT2D eigenvalue weighted by Crippen LogP contribution is 2.20. The lowest BCUT2D eigenvalue weighted by Gasteiger charge is -2.08. The third-order valence-electron chi connectivity index (χ3n) is 1.21. The molecule has 1 amide bonds. The van der Waals surface area contributed by atoms with Crippen LogP contribution >= 0.6 is 0 Å². The van der Waals surface area contributed by atoms with Crippen LogP contribution in [0.5, 0.6) is 0 Å². The van der Waals surface area contributed by atoms with Crippen molar-refractivity contribution in [1.82, 2.24) is 5.43 Å². The topological polar surface area (TPSA) is 70.9 Å². The van der Waals surface area contributed by atoms with Gasteiger partial charge in [-0.2, -0.15) is 10.2 Å². The molecule has 1 atom stereocenters. The summed E-state index contributed by atoms with van der Waals surface area (Å²) >= 11 is 0. The van der Waals surface area contributed by atoms with Gasteiger partial charge in [-0.3, -0.25) is 0 Å². The summed E-state index contributed by atoms with van der Waals surface area (Å²) < 4.78 is 3.65. The fourth-order valence-corrected chi connectivity index (χ4v) is 0.775. The van der Waals surface area contributed by atoms with Gasteiger partial charge in [-0.15, -0.1) is 5.43 Å². The molecule has 2 rings (SSSR count). The molecule has 0 spiro atoms. The second-order valence-electron chi connectivity index (χ2n) is 1.92. The average molecular weight is 142 g/mol. The molecule has 6 nitrogen and oxygen atoms in total. The molecule has 1 unspecified atom stereocenters. The smallest absolute Gasteiger partial charge is 0.353 e. The Hall–Kier alpha value is -1.40. The molecule has 2 aliphatic rings. The zero-order valence-electron chi connectivity index (χ0n) is 4.81. The minimum absolute atomic E-state index is 0.0741. The van der Waals surface area contributed by atoms with Gasteiger partial charge in [-0.25, -0.2) is 4.79 Å². The van der Waals surface area contributed by atoms with E-state index < -0.39 is 10.8 Å². The van der Waals surface area contributed by atoms with Crippen LogP contribution < -0.4 is 5.43 Å². The molecular formula is C4H4N3O3+. The van der Waals surface area contributed by atoms with Crippen molar-refractivity contribution < 1.29 is 19.5 Å². The Labute approximate surface area is 55.5 Å². The molecule has 1 saturated heterocycles. The summed E-state index contributed by atoms with van der Waals surface area (Å²) in [5.41, 5.74) is 2.11. The molecule has 52 valence electrons. The number of amides is 1. The number of hydrogen-bond acceptors (Lipinski definition) is 4. The van der Waals surface area contributed by atoms with Gasteiger partial charge in [0.2, 0.25) is 0 Å². The van der Waals surface area contributed by atoms with Crippen molar-refractivity contribution in [2.45, 2.75) is 0 Å². The van der Waals surface area contributed by atoms with Crippen molar-refractivity contribution in [3.05, 3.63) is 12.1 Å². The molecule has 2 N–H and O–H groups in total. The quantitative estimate of drug-likeness (QED) is 0.455. The van der Waals surface area contributed by atoms with E-state index >= 15 is 0 Å². The van der Waals surface area contributed by atoms with Gasteiger partial charge in [0.1, 0.15) is 6.20 Å². The van der Waals surface area contributed by atoms with E-state index in [1.807, 2.05) is 0 Å². The molecule has 0 radical (unpaired) electrons. The maximum absolute atomic E-state index is 10.5. The summed E-state index contributed by atoms with van der Waals surface area (Å²) in [7, 11) is 0. The molecule has 10 heavy (non-hydrogen) atoms. The number of fused-ring (bicyclic) bond motifs is 1. The van der Waals surface area contributed by atoms with Crippen LogP contribution in [0.15, 0.2) is 17.1 Å². The molecule has 2 aliphatic heterocycles. The van der Waals surface area contributed by atoms with Crippen molar-refractivity contribution >= 4 is 12.4 Å². The van der Waals surface area contributed by atoms with Crippen LogP contribution in [0.4, 0.5) is 4.79 Å². The minimum Gasteiger partial charge on any atom is -0.353 e. The number of hydrogen-bond donors (Lipinski definition) is 2. The second kappa shape index (κ2) is 1.36. The largest absolute Gasteiger partial charge is 0.465 e. The molecule has 0 aliphatic carbocycles. The lowest BCUT2D eigenvalue weighted by Crippen LogP contribution is -2.47. The van der Waals surface area contributed by atoms with Crippen LogP contribution in [0, 0.1) is 0 Å². The van der Waals surface area contributed by atoms with E-state index in [0.29, 0.717) is 0 Å². The van der Waals surface area contributed by atoms with Crippen molar-refractivity contribution in [1.29, 1.82) is 0 Å². The van der Waals surface area contributed by atoms with Crippen LogP contribution in [-0.4, -0.2) is 22.4 Å². The van der Waals surface area contributed by atoms with Crippen molar-refractivity contribution in [2.75, 3.05) is 0 Å². The highest BCUT2D eigenvalue weighted by molar-refractivity contribution is 5.71. The van der Waals surface area contributed by atoms with Crippen molar-refractivity contribution in [3.8, 4) is 0 Å². The van der Waals surface area contributed by atoms with Gasteiger partial charge in [-0.05, 0) is 0 Å². The number of nitrogens with zero attached hydrogens (tertiary/aromatic N) is 2. The molecule has 0 bridgehead atoms. The number of quaternary nitrogens is 1. The fraction of sp³-hybridized carbons (Fsp3) is 0. The van der Waals surface area contributed by atoms with Gasteiger partial charge in [0.05, 0.1) is 0 Å². The number of carbonyl (C=O) groups is 1. The summed E-state index contributed by atoms with van der Waals surface area (Å²) in [6.07, 6.45) is 1.72. The van der Waals surface area contributed by atoms with Gasteiger partial charge in [0.25, 0.3) is 6.34 Å². The highest BCUT2D eigenvalue weighted by atomic mass is 16.7. The zero-order chi connectivity index (χ0) is 7.19. The molecule has 0 saturated carbocycles. The third kappa shape index (κ3) is 0.488. The minimum atomic E-state index is -0.848. The van der Waals surface area contributed by atoms with E-state index in [2.05, 4.69) is 15.2 Å². The van der Waals surface area contributed by atoms with Gasteiger partial charge in [0, 0.05) is 4.76 Å². The maximum atomic E-state index is 10.5. The number of nitrogens with one attached hydrogen (secondary N) is 1. The molecule has 1 fully saturated rings. The fourth-order valence-electron chi connectivity index (χ4n) is 0.775. The van der Waals surface area contributed by atoms with Gasteiger partial charge in [0.15, 0.2) is 0 Å². The first kappa shape index (κ1) is 5.39. The summed E-state index contributed by atoms with van der Waals surface area (Å²) in [5.74, 6) is 0.0741. The Morgan fingerprint density at radius 1 is 1.80 bits per heavy atom. The Morgan fingerprint density at radius 2 is 2.60 bits per heavy atom. The van der Waals surface area contributed by atoms with E-state index in [1.54, 1.807) is 0 Å². The van der Waals surface area contributed by atoms with E-state index in [-0.39, 0.29) is 5.88 Å². The molecule has 0 aromatic carbocycles. The van der Waals surface area contributed by atoms with Crippen molar-refractivity contribution in [2.24, 2.45) is 4.99 Å². The van der Waals surface area contributed by atoms with Crippen LogP contribution in [0.3, 0.4) is 0 Å². The predicted octanol–water partition coefficient (Wildman–Crippen LogP) is -0.312. The third-order valence-corrected chi connectivity index (χ3v) is 1.21. The normalized spacial score (nSPS) is 34.9. The summed E-state index contributed by atoms with van der Waals surface area (Å²) in [6.45, 7) is 0. The number of rotatable bonds is 0. The number of hydroxylamine groups is 2. The van der Waals surface area contributed by atoms with E-state index in [4.69, 9.17) is 0 Å². The molecule has 0 aromatic heterocycles. The standard InChI is InChI=1S/C4H3N3O3/c8-4-6-7(9)2-5-1-3(7)10-4/h1-2,9H/p+1. The number of aliphatic imine (C=N–C) groups is 1. The molecule has 6 heteroatoms. The number of carbonyl (C=O) groups excluding carboxylic acids is 1. The summed E-state index contributed by atoms with van der Waals surface area (Å²) in [5, 5.41) is 9.26. The van der Waals surface area contributed by atoms with Crippen LogP contribution in [0.25, 0.3) is 0 Å². The average Bonchev–Trinajstić information content (AvgIpc) is 2.20. The van der Waals surface area contributed by atoms with Gasteiger partial charge >= 0.3 is 12.0 Å². The Bertz CT molecular complexity index is 258. The van der Waals surface area contributed by atoms with Gasteiger partial charge < -0.3 is 4.74 Å². The van der Waals surface area contributed by atoms with Crippen LogP contribution in [-0.2, 0) is 4.74 Å². The van der Waals surface area contributed by atoms with Crippen molar-refractivity contribution in [3.63, 3.8) is 0 Å². The Kier molecular flexibility index (Phi) is 0.733. The molecule has 0 aromatic rings. The zero-order valence-corrected chi connectivity index (χ0v) is 4.81. The number of ether oxygens (including phenoxy) is 1. The summed E-state index contributed by atoms with van der Waals surface area (Å²) in [4.78, 5) is 14.0. The summed E-state index contributed by atoms with van der Waals surface area (Å²) in [6, 6.07) is 0. The lowest BCUT2D eigenvalue weighted by atomic mass is 10.8. The Balaban J connectivity index is 2.41. The van der Waals surface area contributed by atoms with E-state index in [0.717, 1.165) is 6.34 Å². The molecule has 2 heterocycles. The monoisotopic (exact) mass is 142 g/mol. The van der Waals surface area contributed by atoms with Gasteiger partial charge in [-0.1, -0.05) is 0 Å². The Morgan fingerprint density at radius 3 is 3.30 bits per heavy atom. The molecular weight excluding hydrogens is 138 g/mol. The maximum Gasteiger partial charge on any atom is 0.465 e. The van der Waals surface area contributed by atoms with E-state index in [9.17, 15) is 10.0 Å². The van der Waals surface area contributed by atoms with Crippen LogP contribution in [0.1, 0.15) is 0 Å². The first-order valence-electron chi connectivity index (χ1n) is 2.57.